The predicted molar refractivity (Wildman–Crippen MR) is 132 cm³/mol. The summed E-state index contributed by atoms with van der Waals surface area (Å²) in [5.41, 5.74) is -0.270. The van der Waals surface area contributed by atoms with E-state index in [1.807, 2.05) is 30.3 Å². The molecule has 8 nitrogen and oxygen atoms in total. The fraction of sp³-hybridized carbons (Fsp3) is 0.500. The van der Waals surface area contributed by atoms with Crippen molar-refractivity contribution in [2.45, 2.75) is 48.5 Å². The summed E-state index contributed by atoms with van der Waals surface area (Å²) in [5, 5.41) is 9.98. The van der Waals surface area contributed by atoms with Gasteiger partial charge in [0.15, 0.2) is 0 Å². The first kappa shape index (κ1) is 25.6. The summed E-state index contributed by atoms with van der Waals surface area (Å²) < 4.78 is 11.8. The number of rotatable bonds is 10. The van der Waals surface area contributed by atoms with E-state index in [9.17, 15) is 19.5 Å². The molecule has 0 aliphatic carbocycles. The summed E-state index contributed by atoms with van der Waals surface area (Å²) in [6.45, 7) is 9.35. The molecule has 1 aromatic carbocycles. The number of alkyl halides is 1. The summed E-state index contributed by atoms with van der Waals surface area (Å²) >= 11 is 3.62. The number of hydrogen-bond acceptors (Lipinski definition) is 6. The Morgan fingerprint density at radius 2 is 2.06 bits per heavy atom. The molecular formula is C26H31BrN2O6. The molecule has 0 saturated carbocycles. The van der Waals surface area contributed by atoms with Crippen molar-refractivity contribution in [1.82, 2.24) is 9.80 Å². The van der Waals surface area contributed by atoms with Crippen LogP contribution in [0, 0.1) is 11.8 Å². The molecule has 3 fully saturated rings. The minimum Gasteiger partial charge on any atom is -0.461 e. The number of nitrogens with zero attached hydrogens (tertiary/aromatic N) is 2. The molecule has 3 unspecified atom stereocenters. The maximum atomic E-state index is 14.2. The van der Waals surface area contributed by atoms with Gasteiger partial charge in [0.1, 0.15) is 18.2 Å². The molecule has 7 atom stereocenters. The highest BCUT2D eigenvalue weighted by Gasteiger charge is 2.77. The molecule has 1 N–H and O–H groups in total. The number of hydrogen-bond donors (Lipinski definition) is 1. The van der Waals surface area contributed by atoms with Gasteiger partial charge >= 0.3 is 5.97 Å². The number of fused-ring (bicyclic) bond motifs is 1. The molecule has 1 aromatic rings. The predicted octanol–water partition coefficient (Wildman–Crippen LogP) is 2.06. The number of ether oxygens (including phenoxy) is 2. The van der Waals surface area contributed by atoms with Crippen molar-refractivity contribution in [3.05, 3.63) is 61.2 Å². The average Bonchev–Trinajstić information content (AvgIpc) is 3.45. The van der Waals surface area contributed by atoms with Gasteiger partial charge in [-0.15, -0.1) is 6.58 Å². The summed E-state index contributed by atoms with van der Waals surface area (Å²) in [5.74, 6) is -2.94. The maximum absolute atomic E-state index is 14.2. The second-order valence-electron chi connectivity index (χ2n) is 9.35. The zero-order chi connectivity index (χ0) is 25.3. The van der Waals surface area contributed by atoms with Gasteiger partial charge in [-0.2, -0.15) is 0 Å². The molecule has 188 valence electrons. The maximum Gasteiger partial charge on any atom is 0.312 e. The molecule has 9 heteroatoms. The standard InChI is InChI=1S/C26H31BrN2O6/c1-4-11-28(14-17-9-7-6-8-10-17)24(32)22-26-13-18(27)21(35-26)19(25(33)34-12-5-2)20(26)23(31)29(22)16(3)15-30/h4-10,16,18-22,30H,1-2,11-15H2,3H3/t16-,18?,19+,20+,21+,22?,26?/m1/s1. The molecule has 35 heavy (non-hydrogen) atoms. The average molecular weight is 547 g/mol. The van der Waals surface area contributed by atoms with Gasteiger partial charge in [0.2, 0.25) is 11.8 Å². The zero-order valence-corrected chi connectivity index (χ0v) is 21.3. The van der Waals surface area contributed by atoms with E-state index in [0.717, 1.165) is 5.56 Å². The van der Waals surface area contributed by atoms with Crippen LogP contribution in [-0.4, -0.2) is 81.1 Å². The first-order valence-electron chi connectivity index (χ1n) is 11.8. The summed E-state index contributed by atoms with van der Waals surface area (Å²) in [4.78, 5) is 43.9. The van der Waals surface area contributed by atoms with Crippen LogP contribution in [0.4, 0.5) is 0 Å². The lowest BCUT2D eigenvalue weighted by molar-refractivity contribution is -0.155. The quantitative estimate of drug-likeness (QED) is 0.274. The van der Waals surface area contributed by atoms with E-state index < -0.39 is 41.6 Å². The van der Waals surface area contributed by atoms with Crippen LogP contribution in [0.2, 0.25) is 0 Å². The number of likely N-dealkylation sites (tertiary alicyclic amines) is 1. The van der Waals surface area contributed by atoms with Crippen molar-refractivity contribution >= 4 is 33.7 Å². The number of aliphatic hydroxyl groups is 1. The molecule has 1 spiro atoms. The summed E-state index contributed by atoms with van der Waals surface area (Å²) in [7, 11) is 0. The Bertz CT molecular complexity index is 1000. The van der Waals surface area contributed by atoms with Crippen LogP contribution in [0.1, 0.15) is 18.9 Å². The Balaban J connectivity index is 1.75. The van der Waals surface area contributed by atoms with Crippen molar-refractivity contribution in [2.75, 3.05) is 19.8 Å². The van der Waals surface area contributed by atoms with Crippen LogP contribution in [0.3, 0.4) is 0 Å². The van der Waals surface area contributed by atoms with Gasteiger partial charge in [-0.3, -0.25) is 14.4 Å². The van der Waals surface area contributed by atoms with Crippen LogP contribution in [0.15, 0.2) is 55.6 Å². The summed E-state index contributed by atoms with van der Waals surface area (Å²) in [6.07, 6.45) is 2.90. The largest absolute Gasteiger partial charge is 0.461 e. The van der Waals surface area contributed by atoms with Gasteiger partial charge in [-0.05, 0) is 18.9 Å². The monoisotopic (exact) mass is 546 g/mol. The SMILES string of the molecule is C=CCOC(=O)[C@H]1[C@H]2C(=O)N([C@H](C)CO)C(C(=O)N(CC=C)Cc3ccccc3)C23CC(Br)[C@@H]1O3. The number of aliphatic hydroxyl groups excluding tert-OH is 1. The van der Waals surface area contributed by atoms with Crippen LogP contribution in [0.25, 0.3) is 0 Å². The Morgan fingerprint density at radius 1 is 1.34 bits per heavy atom. The van der Waals surface area contributed by atoms with Gasteiger partial charge in [0, 0.05) is 17.9 Å². The van der Waals surface area contributed by atoms with E-state index in [2.05, 4.69) is 29.1 Å². The molecule has 2 bridgehead atoms. The lowest BCUT2D eigenvalue weighted by Gasteiger charge is -2.38. The normalized spacial score (nSPS) is 31.7. The highest BCUT2D eigenvalue weighted by atomic mass is 79.9. The van der Waals surface area contributed by atoms with Gasteiger partial charge in [-0.1, -0.05) is 65.0 Å². The number of amides is 2. The number of esters is 1. The first-order chi connectivity index (χ1) is 16.8. The van der Waals surface area contributed by atoms with Crippen LogP contribution >= 0.6 is 15.9 Å². The van der Waals surface area contributed by atoms with Crippen molar-refractivity contribution in [3.63, 3.8) is 0 Å². The van der Waals surface area contributed by atoms with E-state index in [4.69, 9.17) is 9.47 Å². The Kier molecular flexibility index (Phi) is 7.49. The second-order valence-corrected chi connectivity index (χ2v) is 10.5. The van der Waals surface area contributed by atoms with Crippen molar-refractivity contribution < 1.29 is 29.0 Å². The minimum absolute atomic E-state index is 0.0201. The van der Waals surface area contributed by atoms with Crippen molar-refractivity contribution in [3.8, 4) is 0 Å². The molecule has 4 rings (SSSR count). The van der Waals surface area contributed by atoms with E-state index in [1.165, 1.54) is 11.0 Å². The van der Waals surface area contributed by atoms with Gasteiger partial charge < -0.3 is 24.4 Å². The molecule has 3 aliphatic heterocycles. The lowest BCUT2D eigenvalue weighted by atomic mass is 9.70. The Morgan fingerprint density at radius 3 is 2.69 bits per heavy atom. The van der Waals surface area contributed by atoms with Crippen LogP contribution in [-0.2, 0) is 30.4 Å². The van der Waals surface area contributed by atoms with Crippen LogP contribution in [0.5, 0.6) is 0 Å². The minimum atomic E-state index is -1.20. The molecule has 3 saturated heterocycles. The fourth-order valence-corrected chi connectivity index (χ4v) is 6.72. The third-order valence-corrected chi connectivity index (χ3v) is 8.04. The number of carbonyl (C=O) groups is 3. The van der Waals surface area contributed by atoms with Crippen molar-refractivity contribution in [2.24, 2.45) is 11.8 Å². The third-order valence-electron chi connectivity index (χ3n) is 7.19. The lowest BCUT2D eigenvalue weighted by Crippen LogP contribution is -2.58. The molecule has 3 heterocycles. The fourth-order valence-electron chi connectivity index (χ4n) is 5.78. The Hall–Kier alpha value is -2.49. The van der Waals surface area contributed by atoms with E-state index in [0.29, 0.717) is 13.0 Å². The smallest absolute Gasteiger partial charge is 0.312 e. The van der Waals surface area contributed by atoms with Gasteiger partial charge in [0.25, 0.3) is 0 Å². The molecule has 2 amide bonds. The third kappa shape index (κ3) is 4.23. The number of halogens is 1. The van der Waals surface area contributed by atoms with E-state index in [-0.39, 0.29) is 36.4 Å². The van der Waals surface area contributed by atoms with E-state index >= 15 is 0 Å². The molecule has 0 radical (unpaired) electrons. The summed E-state index contributed by atoms with van der Waals surface area (Å²) in [6, 6.07) is 7.92. The molecule has 0 aromatic heterocycles. The topological polar surface area (TPSA) is 96.4 Å². The van der Waals surface area contributed by atoms with Crippen LogP contribution < -0.4 is 0 Å². The zero-order valence-electron chi connectivity index (χ0n) is 19.7. The highest BCUT2D eigenvalue weighted by molar-refractivity contribution is 9.09. The molecule has 3 aliphatic rings. The highest BCUT2D eigenvalue weighted by Crippen LogP contribution is 2.60. The Labute approximate surface area is 213 Å². The first-order valence-corrected chi connectivity index (χ1v) is 12.7. The van der Waals surface area contributed by atoms with Gasteiger partial charge in [0.05, 0.1) is 30.6 Å². The number of benzene rings is 1. The second kappa shape index (κ2) is 10.2. The molecular weight excluding hydrogens is 516 g/mol. The number of carbonyl (C=O) groups excluding carboxylic acids is 3. The van der Waals surface area contributed by atoms with E-state index in [1.54, 1.807) is 17.9 Å². The van der Waals surface area contributed by atoms with Gasteiger partial charge in [-0.25, -0.2) is 0 Å². The van der Waals surface area contributed by atoms with Crippen molar-refractivity contribution in [1.29, 1.82) is 0 Å².